The molecule has 0 atom stereocenters. The molecule has 1 saturated heterocycles. The SMILES string of the molecule is COc1ccccc1-c1ccc(CN2CCC(Cn3ccnc3C)CC2)cc1. The maximum absolute atomic E-state index is 5.49. The van der Waals surface area contributed by atoms with Gasteiger partial charge in [-0.15, -0.1) is 0 Å². The lowest BCUT2D eigenvalue weighted by Crippen LogP contribution is -2.34. The van der Waals surface area contributed by atoms with E-state index in [0.717, 1.165) is 36.1 Å². The number of aromatic nitrogens is 2. The molecule has 1 aliphatic rings. The van der Waals surface area contributed by atoms with Crippen LogP contribution in [0.2, 0.25) is 0 Å². The van der Waals surface area contributed by atoms with Crippen molar-refractivity contribution >= 4 is 0 Å². The van der Waals surface area contributed by atoms with E-state index in [1.807, 2.05) is 18.3 Å². The molecule has 1 aliphatic heterocycles. The Hall–Kier alpha value is -2.59. The molecule has 0 saturated carbocycles. The summed E-state index contributed by atoms with van der Waals surface area (Å²) >= 11 is 0. The summed E-state index contributed by atoms with van der Waals surface area (Å²) in [6.45, 7) is 6.57. The van der Waals surface area contributed by atoms with Gasteiger partial charge in [-0.05, 0) is 56.0 Å². The van der Waals surface area contributed by atoms with Crippen molar-refractivity contribution < 1.29 is 4.74 Å². The fourth-order valence-corrected chi connectivity index (χ4v) is 4.13. The van der Waals surface area contributed by atoms with Gasteiger partial charge in [-0.2, -0.15) is 0 Å². The number of para-hydroxylation sites is 1. The van der Waals surface area contributed by atoms with E-state index in [0.29, 0.717) is 0 Å². The van der Waals surface area contributed by atoms with Gasteiger partial charge in [0.1, 0.15) is 11.6 Å². The highest BCUT2D eigenvalue weighted by atomic mass is 16.5. The van der Waals surface area contributed by atoms with Gasteiger partial charge in [0, 0.05) is 31.0 Å². The van der Waals surface area contributed by atoms with E-state index in [1.165, 1.54) is 37.1 Å². The number of rotatable bonds is 6. The molecule has 4 rings (SSSR count). The topological polar surface area (TPSA) is 30.3 Å². The summed E-state index contributed by atoms with van der Waals surface area (Å²) in [5.41, 5.74) is 3.73. The Balaban J connectivity index is 1.32. The molecule has 0 bridgehead atoms. The average molecular weight is 376 g/mol. The van der Waals surface area contributed by atoms with Gasteiger partial charge in [0.25, 0.3) is 0 Å². The summed E-state index contributed by atoms with van der Waals surface area (Å²) < 4.78 is 7.78. The summed E-state index contributed by atoms with van der Waals surface area (Å²) in [5.74, 6) is 2.81. The molecule has 0 aliphatic carbocycles. The third kappa shape index (κ3) is 4.28. The molecular weight excluding hydrogens is 346 g/mol. The van der Waals surface area contributed by atoms with Gasteiger partial charge < -0.3 is 9.30 Å². The first-order chi connectivity index (χ1) is 13.7. The zero-order chi connectivity index (χ0) is 19.3. The van der Waals surface area contributed by atoms with E-state index in [9.17, 15) is 0 Å². The quantitative estimate of drug-likeness (QED) is 0.621. The van der Waals surface area contributed by atoms with Crippen LogP contribution in [-0.2, 0) is 13.1 Å². The molecule has 28 heavy (non-hydrogen) atoms. The number of hydrogen-bond acceptors (Lipinski definition) is 3. The van der Waals surface area contributed by atoms with Crippen molar-refractivity contribution in [1.29, 1.82) is 0 Å². The summed E-state index contributed by atoms with van der Waals surface area (Å²) in [6, 6.07) is 17.1. The predicted octanol–water partition coefficient (Wildman–Crippen LogP) is 4.78. The Morgan fingerprint density at radius 1 is 1.04 bits per heavy atom. The number of nitrogens with zero attached hydrogens (tertiary/aromatic N) is 3. The molecule has 3 aromatic rings. The highest BCUT2D eigenvalue weighted by Gasteiger charge is 2.20. The van der Waals surface area contributed by atoms with Crippen molar-refractivity contribution in [3.63, 3.8) is 0 Å². The van der Waals surface area contributed by atoms with Crippen molar-refractivity contribution in [3.05, 3.63) is 72.3 Å². The van der Waals surface area contributed by atoms with Crippen molar-refractivity contribution in [3.8, 4) is 16.9 Å². The summed E-state index contributed by atoms with van der Waals surface area (Å²) in [4.78, 5) is 6.92. The van der Waals surface area contributed by atoms with Gasteiger partial charge in [0.2, 0.25) is 0 Å². The van der Waals surface area contributed by atoms with Crippen LogP contribution < -0.4 is 4.74 Å². The van der Waals surface area contributed by atoms with Gasteiger partial charge >= 0.3 is 0 Å². The number of hydrogen-bond donors (Lipinski definition) is 0. The molecule has 146 valence electrons. The zero-order valence-electron chi connectivity index (χ0n) is 16.8. The van der Waals surface area contributed by atoms with Crippen molar-refractivity contribution in [1.82, 2.24) is 14.5 Å². The number of aryl methyl sites for hydroxylation is 1. The van der Waals surface area contributed by atoms with Gasteiger partial charge in [0.05, 0.1) is 7.11 Å². The first-order valence-electron chi connectivity index (χ1n) is 10.2. The lowest BCUT2D eigenvalue weighted by molar-refractivity contribution is 0.166. The second-order valence-electron chi connectivity index (χ2n) is 7.74. The Morgan fingerprint density at radius 3 is 2.46 bits per heavy atom. The van der Waals surface area contributed by atoms with Gasteiger partial charge in [-0.1, -0.05) is 42.5 Å². The van der Waals surface area contributed by atoms with E-state index < -0.39 is 0 Å². The Kier molecular flexibility index (Phi) is 5.77. The molecule has 1 aromatic heterocycles. The van der Waals surface area contributed by atoms with Crippen LogP contribution in [-0.4, -0.2) is 34.7 Å². The molecule has 0 unspecified atom stereocenters. The molecule has 1 fully saturated rings. The number of ether oxygens (including phenoxy) is 1. The Bertz CT molecular complexity index is 892. The normalized spacial score (nSPS) is 15.6. The van der Waals surface area contributed by atoms with Crippen LogP contribution in [0.3, 0.4) is 0 Å². The summed E-state index contributed by atoms with van der Waals surface area (Å²) in [5, 5.41) is 0. The van der Waals surface area contributed by atoms with E-state index in [1.54, 1.807) is 7.11 Å². The third-order valence-corrected chi connectivity index (χ3v) is 5.86. The second kappa shape index (κ2) is 8.61. The zero-order valence-corrected chi connectivity index (χ0v) is 16.8. The Labute approximate surface area is 167 Å². The minimum Gasteiger partial charge on any atom is -0.496 e. The lowest BCUT2D eigenvalue weighted by Gasteiger charge is -2.32. The van der Waals surface area contributed by atoms with Crippen molar-refractivity contribution in [2.24, 2.45) is 5.92 Å². The highest BCUT2D eigenvalue weighted by Crippen LogP contribution is 2.30. The maximum atomic E-state index is 5.49. The van der Waals surface area contributed by atoms with Gasteiger partial charge in [-0.3, -0.25) is 4.90 Å². The maximum Gasteiger partial charge on any atom is 0.126 e. The smallest absolute Gasteiger partial charge is 0.126 e. The molecule has 2 aromatic carbocycles. The van der Waals surface area contributed by atoms with E-state index in [2.05, 4.69) is 64.0 Å². The van der Waals surface area contributed by atoms with Gasteiger partial charge in [-0.25, -0.2) is 4.98 Å². The second-order valence-corrected chi connectivity index (χ2v) is 7.74. The minimum atomic E-state index is 0.761. The van der Waals surface area contributed by atoms with Crippen LogP contribution in [0, 0.1) is 12.8 Å². The Morgan fingerprint density at radius 2 is 1.79 bits per heavy atom. The number of likely N-dealkylation sites (tertiary alicyclic amines) is 1. The largest absolute Gasteiger partial charge is 0.496 e. The lowest BCUT2D eigenvalue weighted by atomic mass is 9.96. The third-order valence-electron chi connectivity index (χ3n) is 5.86. The number of methoxy groups -OCH3 is 1. The van der Waals surface area contributed by atoms with Crippen LogP contribution in [0.1, 0.15) is 24.2 Å². The van der Waals surface area contributed by atoms with E-state index >= 15 is 0 Å². The van der Waals surface area contributed by atoms with Crippen LogP contribution in [0.5, 0.6) is 5.75 Å². The number of benzene rings is 2. The van der Waals surface area contributed by atoms with E-state index in [-0.39, 0.29) is 0 Å². The first-order valence-corrected chi connectivity index (χ1v) is 10.2. The van der Waals surface area contributed by atoms with E-state index in [4.69, 9.17) is 4.74 Å². The molecular formula is C24H29N3O. The van der Waals surface area contributed by atoms with Crippen molar-refractivity contribution in [2.45, 2.75) is 32.9 Å². The first kappa shape index (κ1) is 18.8. The molecule has 4 heteroatoms. The molecule has 2 heterocycles. The van der Waals surface area contributed by atoms with Crippen LogP contribution in [0.4, 0.5) is 0 Å². The molecule has 4 nitrogen and oxygen atoms in total. The number of imidazole rings is 1. The molecule has 0 amide bonds. The number of piperidine rings is 1. The molecule has 0 N–H and O–H groups in total. The average Bonchev–Trinajstić information content (AvgIpc) is 3.14. The molecule has 0 radical (unpaired) electrons. The molecule has 0 spiro atoms. The predicted molar refractivity (Wildman–Crippen MR) is 113 cm³/mol. The highest BCUT2D eigenvalue weighted by molar-refractivity contribution is 5.70. The summed E-state index contributed by atoms with van der Waals surface area (Å²) in [6.07, 6.45) is 6.53. The fourth-order valence-electron chi connectivity index (χ4n) is 4.13. The van der Waals surface area contributed by atoms with Crippen molar-refractivity contribution in [2.75, 3.05) is 20.2 Å². The van der Waals surface area contributed by atoms with Crippen LogP contribution >= 0.6 is 0 Å². The standard InChI is InChI=1S/C24H29N3O/c1-19-25-13-16-27(19)18-21-11-14-26(15-12-21)17-20-7-9-22(10-8-20)23-5-3-4-6-24(23)28-2/h3-10,13,16,21H,11-12,14-15,17-18H2,1-2H3. The van der Waals surface area contributed by atoms with Crippen LogP contribution in [0.15, 0.2) is 60.9 Å². The fraction of sp³-hybridized carbons (Fsp3) is 0.375. The summed E-state index contributed by atoms with van der Waals surface area (Å²) in [7, 11) is 1.73. The minimum absolute atomic E-state index is 0.761. The van der Waals surface area contributed by atoms with Gasteiger partial charge in [0.15, 0.2) is 0 Å². The van der Waals surface area contributed by atoms with Crippen LogP contribution in [0.25, 0.3) is 11.1 Å². The monoisotopic (exact) mass is 375 g/mol.